The summed E-state index contributed by atoms with van der Waals surface area (Å²) < 4.78 is 0. The lowest BCUT2D eigenvalue weighted by atomic mass is 9.96. The fourth-order valence-electron chi connectivity index (χ4n) is 4.73. The van der Waals surface area contributed by atoms with Crippen LogP contribution in [-0.4, -0.2) is 0 Å². The molecule has 0 aliphatic heterocycles. The topological polar surface area (TPSA) is 76.1 Å². The van der Waals surface area contributed by atoms with Crippen molar-refractivity contribution in [3.8, 4) is 22.3 Å². The molecule has 0 radical (unpaired) electrons. The van der Waals surface area contributed by atoms with Crippen LogP contribution in [-0.2, 0) is 0 Å². The molecule has 5 aromatic carbocycles. The molecule has 0 heterocycles. The third-order valence-electron chi connectivity index (χ3n) is 6.68. The normalized spacial score (nSPS) is 12.5. The Bertz CT molecular complexity index is 1440. The Balaban J connectivity index is 1.62. The fourth-order valence-corrected chi connectivity index (χ4v) is 4.73. The van der Waals surface area contributed by atoms with E-state index in [-0.39, 0.29) is 12.1 Å². The maximum atomic E-state index is 6.48. The molecular formula is C34H34N4. The number of nitrogens with one attached hydrogen (secondary N) is 2. The Morgan fingerprint density at radius 1 is 0.447 bits per heavy atom. The van der Waals surface area contributed by atoms with Gasteiger partial charge in [-0.05, 0) is 89.7 Å². The van der Waals surface area contributed by atoms with Crippen LogP contribution in [0.25, 0.3) is 22.3 Å². The standard InChI is InChI=1S/C34H34N4/c1-23(35)31-21-32(24(2)36)34(22-33(31)37-29-16-10-5-11-17-29)38-30-19-27(25-12-6-3-7-13-25)18-28(20-30)26-14-8-4-9-15-26/h3-24,37-38H,35-36H2,1-2H3. The molecule has 0 spiro atoms. The summed E-state index contributed by atoms with van der Waals surface area (Å²) in [4.78, 5) is 0. The van der Waals surface area contributed by atoms with Gasteiger partial charge in [0.15, 0.2) is 0 Å². The summed E-state index contributed by atoms with van der Waals surface area (Å²) in [6.45, 7) is 4.00. The molecule has 4 heteroatoms. The smallest absolute Gasteiger partial charge is 0.0453 e. The number of rotatable bonds is 8. The van der Waals surface area contributed by atoms with Crippen LogP contribution in [0.5, 0.6) is 0 Å². The second-order valence-electron chi connectivity index (χ2n) is 9.75. The van der Waals surface area contributed by atoms with E-state index in [1.165, 1.54) is 11.1 Å². The van der Waals surface area contributed by atoms with E-state index < -0.39 is 0 Å². The number of anilines is 4. The lowest BCUT2D eigenvalue weighted by Gasteiger charge is -2.23. The summed E-state index contributed by atoms with van der Waals surface area (Å²) in [7, 11) is 0. The zero-order chi connectivity index (χ0) is 26.5. The van der Waals surface area contributed by atoms with Crippen LogP contribution >= 0.6 is 0 Å². The minimum absolute atomic E-state index is 0.154. The van der Waals surface area contributed by atoms with Crippen LogP contribution in [0.15, 0.2) is 121 Å². The van der Waals surface area contributed by atoms with Crippen molar-refractivity contribution in [2.75, 3.05) is 10.6 Å². The number of hydrogen-bond donors (Lipinski definition) is 4. The van der Waals surface area contributed by atoms with Gasteiger partial charge in [0.25, 0.3) is 0 Å². The monoisotopic (exact) mass is 498 g/mol. The van der Waals surface area contributed by atoms with E-state index in [9.17, 15) is 0 Å². The highest BCUT2D eigenvalue weighted by molar-refractivity contribution is 5.81. The van der Waals surface area contributed by atoms with E-state index in [4.69, 9.17) is 11.5 Å². The van der Waals surface area contributed by atoms with Crippen molar-refractivity contribution >= 4 is 22.7 Å². The molecule has 38 heavy (non-hydrogen) atoms. The second kappa shape index (κ2) is 11.3. The maximum Gasteiger partial charge on any atom is 0.0453 e. The summed E-state index contributed by atoms with van der Waals surface area (Å²) in [5.74, 6) is 0. The van der Waals surface area contributed by atoms with Crippen molar-refractivity contribution in [2.24, 2.45) is 11.5 Å². The van der Waals surface area contributed by atoms with E-state index in [0.717, 1.165) is 45.0 Å². The van der Waals surface area contributed by atoms with Gasteiger partial charge in [-0.3, -0.25) is 0 Å². The maximum absolute atomic E-state index is 6.48. The highest BCUT2D eigenvalue weighted by atomic mass is 14.9. The van der Waals surface area contributed by atoms with Gasteiger partial charge < -0.3 is 22.1 Å². The number of hydrogen-bond acceptors (Lipinski definition) is 4. The Morgan fingerprint density at radius 2 is 0.868 bits per heavy atom. The van der Waals surface area contributed by atoms with Crippen LogP contribution < -0.4 is 22.1 Å². The van der Waals surface area contributed by atoms with Crippen LogP contribution in [0, 0.1) is 0 Å². The quantitative estimate of drug-likeness (QED) is 0.173. The van der Waals surface area contributed by atoms with E-state index in [2.05, 4.69) is 89.5 Å². The summed E-state index contributed by atoms with van der Waals surface area (Å²) >= 11 is 0. The molecule has 2 atom stereocenters. The molecule has 0 aliphatic rings. The molecule has 2 unspecified atom stereocenters. The van der Waals surface area contributed by atoms with Gasteiger partial charge in [0.05, 0.1) is 0 Å². The summed E-state index contributed by atoms with van der Waals surface area (Å²) in [6.07, 6.45) is 0. The summed E-state index contributed by atoms with van der Waals surface area (Å²) in [6, 6.07) is 41.6. The van der Waals surface area contributed by atoms with Gasteiger partial charge in [-0.25, -0.2) is 0 Å². The fraction of sp³-hybridized carbons (Fsp3) is 0.118. The third kappa shape index (κ3) is 5.78. The zero-order valence-electron chi connectivity index (χ0n) is 21.9. The van der Waals surface area contributed by atoms with Gasteiger partial charge in [0.2, 0.25) is 0 Å². The predicted molar refractivity (Wildman–Crippen MR) is 162 cm³/mol. The first-order valence-electron chi connectivity index (χ1n) is 13.0. The van der Waals surface area contributed by atoms with Gasteiger partial charge >= 0.3 is 0 Å². The van der Waals surface area contributed by atoms with Gasteiger partial charge in [0.1, 0.15) is 0 Å². The van der Waals surface area contributed by atoms with Crippen molar-refractivity contribution < 1.29 is 0 Å². The molecule has 0 saturated carbocycles. The predicted octanol–water partition coefficient (Wildman–Crippen LogP) is 8.55. The molecule has 5 rings (SSSR count). The lowest BCUT2D eigenvalue weighted by molar-refractivity contribution is 0.792. The largest absolute Gasteiger partial charge is 0.355 e. The molecule has 4 nitrogen and oxygen atoms in total. The molecule has 0 fully saturated rings. The number of nitrogens with two attached hydrogens (primary N) is 2. The molecule has 190 valence electrons. The van der Waals surface area contributed by atoms with Crippen molar-refractivity contribution in [1.29, 1.82) is 0 Å². The van der Waals surface area contributed by atoms with Crippen LogP contribution in [0.2, 0.25) is 0 Å². The molecule has 0 amide bonds. The lowest BCUT2D eigenvalue weighted by Crippen LogP contribution is -2.14. The Morgan fingerprint density at radius 3 is 1.32 bits per heavy atom. The molecule has 5 aromatic rings. The first kappa shape index (κ1) is 25.3. The minimum Gasteiger partial charge on any atom is -0.355 e. The summed E-state index contributed by atoms with van der Waals surface area (Å²) in [5.41, 5.74) is 23.5. The van der Waals surface area contributed by atoms with Gasteiger partial charge in [-0.2, -0.15) is 0 Å². The Hall–Kier alpha value is -4.38. The molecule has 0 aromatic heterocycles. The van der Waals surface area contributed by atoms with Crippen LogP contribution in [0.3, 0.4) is 0 Å². The van der Waals surface area contributed by atoms with Crippen LogP contribution in [0.4, 0.5) is 22.7 Å². The van der Waals surface area contributed by atoms with Gasteiger partial charge in [0, 0.05) is 34.8 Å². The van der Waals surface area contributed by atoms with E-state index in [1.54, 1.807) is 0 Å². The van der Waals surface area contributed by atoms with Crippen molar-refractivity contribution in [3.63, 3.8) is 0 Å². The summed E-state index contributed by atoms with van der Waals surface area (Å²) in [5, 5.41) is 7.27. The highest BCUT2D eigenvalue weighted by Crippen LogP contribution is 2.37. The molecule has 0 aliphatic carbocycles. The van der Waals surface area contributed by atoms with Crippen molar-refractivity contribution in [3.05, 3.63) is 132 Å². The number of para-hydroxylation sites is 1. The molecule has 6 N–H and O–H groups in total. The van der Waals surface area contributed by atoms with Crippen molar-refractivity contribution in [2.45, 2.75) is 25.9 Å². The second-order valence-corrected chi connectivity index (χ2v) is 9.75. The van der Waals surface area contributed by atoms with Crippen LogP contribution in [0.1, 0.15) is 37.1 Å². The van der Waals surface area contributed by atoms with E-state index in [0.29, 0.717) is 0 Å². The average molecular weight is 499 g/mol. The van der Waals surface area contributed by atoms with Crippen molar-refractivity contribution in [1.82, 2.24) is 0 Å². The molecule has 0 bridgehead atoms. The third-order valence-corrected chi connectivity index (χ3v) is 6.68. The first-order chi connectivity index (χ1) is 18.5. The Labute approximate surface area is 225 Å². The average Bonchev–Trinajstić information content (AvgIpc) is 2.94. The highest BCUT2D eigenvalue weighted by Gasteiger charge is 2.16. The minimum atomic E-state index is -0.174. The Kier molecular flexibility index (Phi) is 7.55. The number of benzene rings is 5. The first-order valence-corrected chi connectivity index (χ1v) is 13.0. The molecular weight excluding hydrogens is 464 g/mol. The molecule has 0 saturated heterocycles. The zero-order valence-corrected chi connectivity index (χ0v) is 21.9. The SMILES string of the molecule is CC(N)c1cc(C(C)N)c(Nc2cc(-c3ccccc3)cc(-c3ccccc3)c2)cc1Nc1ccccc1. The van der Waals surface area contributed by atoms with Gasteiger partial charge in [-0.1, -0.05) is 78.9 Å². The van der Waals surface area contributed by atoms with E-state index >= 15 is 0 Å². The van der Waals surface area contributed by atoms with Gasteiger partial charge in [-0.15, -0.1) is 0 Å². The van der Waals surface area contributed by atoms with E-state index in [1.807, 2.05) is 56.3 Å².